The van der Waals surface area contributed by atoms with Crippen LogP contribution in [0.4, 0.5) is 5.69 Å². The van der Waals surface area contributed by atoms with Crippen LogP contribution in [-0.4, -0.2) is 19.1 Å². The van der Waals surface area contributed by atoms with Gasteiger partial charge in [0.15, 0.2) is 11.5 Å². The van der Waals surface area contributed by atoms with E-state index in [1.54, 1.807) is 0 Å². The van der Waals surface area contributed by atoms with Crippen LogP contribution in [-0.2, 0) is 0 Å². The average molecular weight is 714 g/mol. The minimum atomic E-state index is 0.502. The monoisotopic (exact) mass is 713 g/mol. The zero-order chi connectivity index (χ0) is 37.8. The largest absolute Gasteiger partial charge is 0.309 e. The second-order valence-electron chi connectivity index (χ2n) is 13.6. The van der Waals surface area contributed by atoms with E-state index in [4.69, 9.17) is 16.5 Å². The number of aromatic nitrogens is 4. The van der Waals surface area contributed by atoms with Crippen LogP contribution in [0.25, 0.3) is 93.7 Å². The maximum absolute atomic E-state index is 10.6. The molecule has 0 saturated heterocycles. The Bertz CT molecular complexity index is 3210. The molecule has 10 aromatic rings. The van der Waals surface area contributed by atoms with Crippen LogP contribution in [0.15, 0.2) is 164 Å². The zero-order valence-corrected chi connectivity index (χ0v) is 29.7. The van der Waals surface area contributed by atoms with Gasteiger partial charge in [0.1, 0.15) is 0 Å². The minimum absolute atomic E-state index is 0.502. The summed E-state index contributed by atoms with van der Waals surface area (Å²) in [5, 5.41) is 24.3. The maximum atomic E-state index is 10.6. The van der Waals surface area contributed by atoms with Crippen LogP contribution in [0, 0.1) is 29.2 Å². The molecule has 0 spiro atoms. The van der Waals surface area contributed by atoms with Gasteiger partial charge in [0.2, 0.25) is 0 Å². The van der Waals surface area contributed by atoms with Gasteiger partial charge < -0.3 is 9.13 Å². The minimum Gasteiger partial charge on any atom is -0.309 e. The van der Waals surface area contributed by atoms with Crippen molar-refractivity contribution in [1.82, 2.24) is 19.1 Å². The van der Waals surface area contributed by atoms with Crippen molar-refractivity contribution in [1.29, 1.82) is 10.5 Å². The predicted molar refractivity (Wildman–Crippen MR) is 223 cm³/mol. The molecule has 0 atom stereocenters. The highest BCUT2D eigenvalue weighted by atomic mass is 15.0. The Hall–Kier alpha value is -8.31. The van der Waals surface area contributed by atoms with Crippen molar-refractivity contribution < 1.29 is 0 Å². The summed E-state index contributed by atoms with van der Waals surface area (Å²) in [6.45, 7) is 7.62. The molecule has 7 aromatic carbocycles. The van der Waals surface area contributed by atoms with E-state index in [2.05, 4.69) is 62.5 Å². The second-order valence-corrected chi connectivity index (χ2v) is 13.6. The second kappa shape index (κ2) is 13.0. The van der Waals surface area contributed by atoms with Crippen LogP contribution in [0.2, 0.25) is 0 Å². The molecule has 0 fully saturated rings. The molecular weight excluding hydrogens is 687 g/mol. The lowest BCUT2D eigenvalue weighted by molar-refractivity contribution is 1.16. The number of para-hydroxylation sites is 1. The van der Waals surface area contributed by atoms with Crippen molar-refractivity contribution in [2.24, 2.45) is 0 Å². The molecule has 56 heavy (non-hydrogen) atoms. The molecule has 7 nitrogen and oxygen atoms in total. The van der Waals surface area contributed by atoms with E-state index in [0.717, 1.165) is 77.4 Å². The molecule has 3 heterocycles. The van der Waals surface area contributed by atoms with Gasteiger partial charge in [-0.1, -0.05) is 84.9 Å². The number of nitriles is 2. The molecule has 0 unspecified atom stereocenters. The molecule has 10 rings (SSSR count). The number of fused-ring (bicyclic) bond motifs is 6. The van der Waals surface area contributed by atoms with Crippen molar-refractivity contribution in [3.8, 4) is 57.4 Å². The lowest BCUT2D eigenvalue weighted by Crippen LogP contribution is -1.99. The Morgan fingerprint density at radius 1 is 0.482 bits per heavy atom. The maximum Gasteiger partial charge on any atom is 0.188 e. The van der Waals surface area contributed by atoms with Crippen LogP contribution in [0.5, 0.6) is 0 Å². The molecule has 258 valence electrons. The first-order valence-electron chi connectivity index (χ1n) is 18.1. The summed E-state index contributed by atoms with van der Waals surface area (Å²) >= 11 is 0. The van der Waals surface area contributed by atoms with E-state index in [1.807, 2.05) is 127 Å². The average Bonchev–Trinajstić information content (AvgIpc) is 3.78. The first kappa shape index (κ1) is 32.3. The summed E-state index contributed by atoms with van der Waals surface area (Å²) in [4.78, 5) is 13.6. The molecular formula is C49H27N7. The van der Waals surface area contributed by atoms with Gasteiger partial charge in [0.05, 0.1) is 63.3 Å². The topological polar surface area (TPSA) is 87.6 Å². The Balaban J connectivity index is 1.14. The summed E-state index contributed by atoms with van der Waals surface area (Å²) in [6, 6.07) is 58.8. The summed E-state index contributed by atoms with van der Waals surface area (Å²) in [5.74, 6) is 0.591. The number of benzene rings is 7. The van der Waals surface area contributed by atoms with Crippen LogP contribution >= 0.6 is 0 Å². The van der Waals surface area contributed by atoms with Gasteiger partial charge in [-0.3, -0.25) is 0 Å². The van der Waals surface area contributed by atoms with E-state index in [0.29, 0.717) is 28.3 Å². The molecule has 0 saturated carbocycles. The van der Waals surface area contributed by atoms with Crippen molar-refractivity contribution in [2.45, 2.75) is 0 Å². The number of rotatable bonds is 5. The van der Waals surface area contributed by atoms with Crippen LogP contribution in [0.3, 0.4) is 0 Å². The third kappa shape index (κ3) is 5.18. The fourth-order valence-corrected chi connectivity index (χ4v) is 7.85. The van der Waals surface area contributed by atoms with E-state index in [1.165, 1.54) is 0 Å². The van der Waals surface area contributed by atoms with E-state index >= 15 is 0 Å². The molecule has 0 aliphatic carbocycles. The normalized spacial score (nSPS) is 11.2. The molecule has 0 aliphatic heterocycles. The first-order valence-corrected chi connectivity index (χ1v) is 18.1. The third-order valence-electron chi connectivity index (χ3n) is 10.4. The van der Waals surface area contributed by atoms with Crippen molar-refractivity contribution in [3.05, 3.63) is 186 Å². The highest BCUT2D eigenvalue weighted by Gasteiger charge is 2.19. The fourth-order valence-electron chi connectivity index (χ4n) is 7.85. The van der Waals surface area contributed by atoms with Gasteiger partial charge in [-0.15, -0.1) is 0 Å². The molecule has 7 heteroatoms. The SMILES string of the molecule is [C-]#[N+]c1ccc2c(c1)c1cc(C#N)ccc1n2-c1ccc2c(c1)c1ccccc1n2-c1ccc(-c2cc(-c3ccccc3)nc(-c3ccccc3)n2)c(C#N)c1. The molecule has 0 aliphatic rings. The Labute approximate surface area is 321 Å². The van der Waals surface area contributed by atoms with E-state index in [-0.39, 0.29) is 0 Å². The first-order chi connectivity index (χ1) is 27.6. The van der Waals surface area contributed by atoms with Crippen LogP contribution < -0.4 is 0 Å². The van der Waals surface area contributed by atoms with E-state index < -0.39 is 0 Å². The highest BCUT2D eigenvalue weighted by molar-refractivity contribution is 6.13. The fraction of sp³-hybridized carbons (Fsp3) is 0. The van der Waals surface area contributed by atoms with E-state index in [9.17, 15) is 10.5 Å². The quantitative estimate of drug-likeness (QED) is 0.166. The van der Waals surface area contributed by atoms with Gasteiger partial charge in [0, 0.05) is 44.2 Å². The predicted octanol–water partition coefficient (Wildman–Crippen LogP) is 12.0. The standard InChI is InChI=1S/C49H27N7/c1-52-35-17-22-47-41(26-35)40-24-31(29-50)16-21-46(40)56(47)37-19-23-48-42(27-37)39-14-8-9-15-45(39)55(48)36-18-20-38(34(25-36)30-51)44-28-43(32-10-4-2-5-11-32)53-49(54-44)33-12-6-3-7-13-33/h2-28H. The van der Waals surface area contributed by atoms with Gasteiger partial charge in [-0.05, 0) is 84.2 Å². The smallest absolute Gasteiger partial charge is 0.188 e. The number of hydrogen-bond acceptors (Lipinski definition) is 4. The summed E-state index contributed by atoms with van der Waals surface area (Å²) in [6.07, 6.45) is 0. The lowest BCUT2D eigenvalue weighted by atomic mass is 10.0. The Morgan fingerprint density at radius 2 is 1.07 bits per heavy atom. The summed E-state index contributed by atoms with van der Waals surface area (Å²) in [5.41, 5.74) is 11.4. The highest BCUT2D eigenvalue weighted by Crippen LogP contribution is 2.39. The summed E-state index contributed by atoms with van der Waals surface area (Å²) < 4.78 is 4.40. The summed E-state index contributed by atoms with van der Waals surface area (Å²) in [7, 11) is 0. The van der Waals surface area contributed by atoms with Crippen molar-refractivity contribution >= 4 is 49.3 Å². The zero-order valence-electron chi connectivity index (χ0n) is 29.7. The third-order valence-corrected chi connectivity index (χ3v) is 10.4. The van der Waals surface area contributed by atoms with Gasteiger partial charge >= 0.3 is 0 Å². The molecule has 0 amide bonds. The van der Waals surface area contributed by atoms with Gasteiger partial charge in [-0.2, -0.15) is 10.5 Å². The van der Waals surface area contributed by atoms with Crippen LogP contribution in [0.1, 0.15) is 11.1 Å². The van der Waals surface area contributed by atoms with Crippen molar-refractivity contribution in [2.75, 3.05) is 0 Å². The number of hydrogen-bond donors (Lipinski definition) is 0. The molecule has 3 aromatic heterocycles. The molecule has 0 bridgehead atoms. The number of nitrogens with zero attached hydrogens (tertiary/aromatic N) is 7. The van der Waals surface area contributed by atoms with Gasteiger partial charge in [-0.25, -0.2) is 14.8 Å². The molecule has 0 radical (unpaired) electrons. The van der Waals surface area contributed by atoms with Crippen molar-refractivity contribution in [3.63, 3.8) is 0 Å². The lowest BCUT2D eigenvalue weighted by Gasteiger charge is -2.13. The Morgan fingerprint density at radius 3 is 1.80 bits per heavy atom. The Kier molecular flexibility index (Phi) is 7.49. The molecule has 0 N–H and O–H groups in total. The van der Waals surface area contributed by atoms with Gasteiger partial charge in [0.25, 0.3) is 0 Å².